The van der Waals surface area contributed by atoms with Gasteiger partial charge in [0.1, 0.15) is 0 Å². The number of amides is 1. The molecule has 2 aromatic rings. The highest BCUT2D eigenvalue weighted by atomic mass is 32.2. The highest BCUT2D eigenvalue weighted by Crippen LogP contribution is 2.23. The van der Waals surface area contributed by atoms with Crippen molar-refractivity contribution in [1.29, 1.82) is 0 Å². The van der Waals surface area contributed by atoms with Crippen LogP contribution in [0, 0.1) is 0 Å². The summed E-state index contributed by atoms with van der Waals surface area (Å²) in [6.07, 6.45) is 1.56. The molecule has 32 heavy (non-hydrogen) atoms. The molecule has 0 N–H and O–H groups in total. The number of benzene rings is 2. The van der Waals surface area contributed by atoms with Gasteiger partial charge in [-0.3, -0.25) is 14.4 Å². The van der Waals surface area contributed by atoms with E-state index < -0.39 is 15.9 Å². The van der Waals surface area contributed by atoms with Crippen molar-refractivity contribution in [2.75, 3.05) is 16.7 Å². The topological polar surface area (TPSA) is 97.8 Å². The summed E-state index contributed by atoms with van der Waals surface area (Å²) in [6, 6.07) is 14.7. The number of rotatable bonds is 12. The maximum absolute atomic E-state index is 13.0. The average Bonchev–Trinajstić information content (AvgIpc) is 2.79. The summed E-state index contributed by atoms with van der Waals surface area (Å²) >= 11 is 0. The molecular formula is C24H29NO6S. The molecule has 0 aromatic heterocycles. The van der Waals surface area contributed by atoms with Gasteiger partial charge in [0.25, 0.3) is 0 Å². The van der Waals surface area contributed by atoms with Crippen LogP contribution in [-0.4, -0.2) is 38.4 Å². The van der Waals surface area contributed by atoms with Crippen LogP contribution in [0.25, 0.3) is 0 Å². The minimum absolute atomic E-state index is 0.00104. The highest BCUT2D eigenvalue weighted by Gasteiger charge is 2.28. The van der Waals surface area contributed by atoms with E-state index >= 15 is 0 Å². The Morgan fingerprint density at radius 3 is 2.22 bits per heavy atom. The summed E-state index contributed by atoms with van der Waals surface area (Å²) < 4.78 is 31.7. The third-order valence-electron chi connectivity index (χ3n) is 4.77. The SMILES string of the molecule is CCOC(=O)CCCCCS(=O)(=O)N(C(=O)CC)c1cccc(C(=O)c2ccccc2)c1. The first-order valence-electron chi connectivity index (χ1n) is 10.7. The van der Waals surface area contributed by atoms with Gasteiger partial charge in [-0.05, 0) is 31.9 Å². The van der Waals surface area contributed by atoms with Crippen LogP contribution in [0.5, 0.6) is 0 Å². The number of ketones is 1. The van der Waals surface area contributed by atoms with Gasteiger partial charge < -0.3 is 4.74 Å². The molecule has 7 nitrogen and oxygen atoms in total. The lowest BCUT2D eigenvalue weighted by molar-refractivity contribution is -0.143. The Labute approximate surface area is 189 Å². The number of carbonyl (C=O) groups excluding carboxylic acids is 3. The monoisotopic (exact) mass is 459 g/mol. The second-order valence-corrected chi connectivity index (χ2v) is 9.13. The number of sulfonamides is 1. The lowest BCUT2D eigenvalue weighted by atomic mass is 10.0. The fourth-order valence-corrected chi connectivity index (χ4v) is 4.81. The summed E-state index contributed by atoms with van der Waals surface area (Å²) in [5, 5.41) is 0. The van der Waals surface area contributed by atoms with E-state index in [1.165, 1.54) is 12.1 Å². The Morgan fingerprint density at radius 2 is 1.56 bits per heavy atom. The highest BCUT2D eigenvalue weighted by molar-refractivity contribution is 7.93. The molecule has 0 saturated carbocycles. The fraction of sp³-hybridized carbons (Fsp3) is 0.375. The van der Waals surface area contributed by atoms with Gasteiger partial charge in [0, 0.05) is 24.0 Å². The number of anilines is 1. The summed E-state index contributed by atoms with van der Waals surface area (Å²) in [6.45, 7) is 3.63. The third kappa shape index (κ3) is 7.02. The van der Waals surface area contributed by atoms with Crippen LogP contribution in [0.15, 0.2) is 54.6 Å². The minimum atomic E-state index is -3.95. The normalized spacial score (nSPS) is 11.1. The largest absolute Gasteiger partial charge is 0.466 e. The first-order valence-corrected chi connectivity index (χ1v) is 12.3. The Bertz CT molecular complexity index is 1030. The van der Waals surface area contributed by atoms with Crippen molar-refractivity contribution >= 4 is 33.4 Å². The summed E-state index contributed by atoms with van der Waals surface area (Å²) in [7, 11) is -3.95. The molecule has 172 valence electrons. The first kappa shape index (κ1) is 25.3. The molecule has 0 aliphatic heterocycles. The predicted octanol–water partition coefficient (Wildman–Crippen LogP) is 4.11. The van der Waals surface area contributed by atoms with Crippen molar-refractivity contribution in [3.8, 4) is 0 Å². The molecule has 0 aliphatic rings. The van der Waals surface area contributed by atoms with Crippen molar-refractivity contribution in [2.45, 2.75) is 46.0 Å². The van der Waals surface area contributed by atoms with Gasteiger partial charge in [0.05, 0.1) is 18.0 Å². The van der Waals surface area contributed by atoms with Crippen LogP contribution < -0.4 is 4.31 Å². The molecule has 0 radical (unpaired) electrons. The second kappa shape index (κ2) is 12.1. The molecule has 0 heterocycles. The van der Waals surface area contributed by atoms with Gasteiger partial charge in [0.15, 0.2) is 5.78 Å². The molecule has 0 spiro atoms. The van der Waals surface area contributed by atoms with Crippen molar-refractivity contribution in [1.82, 2.24) is 0 Å². The van der Waals surface area contributed by atoms with Crippen molar-refractivity contribution in [3.05, 3.63) is 65.7 Å². The maximum Gasteiger partial charge on any atom is 0.305 e. The van der Waals surface area contributed by atoms with Gasteiger partial charge in [-0.2, -0.15) is 0 Å². The van der Waals surface area contributed by atoms with Gasteiger partial charge in [0.2, 0.25) is 15.9 Å². The van der Waals surface area contributed by atoms with Crippen LogP contribution >= 0.6 is 0 Å². The fourth-order valence-electron chi connectivity index (χ4n) is 3.19. The summed E-state index contributed by atoms with van der Waals surface area (Å²) in [5.74, 6) is -1.37. The van der Waals surface area contributed by atoms with E-state index in [1.807, 2.05) is 0 Å². The first-order chi connectivity index (χ1) is 15.3. The van der Waals surface area contributed by atoms with Gasteiger partial charge in [-0.15, -0.1) is 0 Å². The van der Waals surface area contributed by atoms with Gasteiger partial charge >= 0.3 is 5.97 Å². The number of nitrogens with zero attached hydrogens (tertiary/aromatic N) is 1. The van der Waals surface area contributed by atoms with Crippen LogP contribution in [0.1, 0.15) is 61.9 Å². The van der Waals surface area contributed by atoms with Crippen LogP contribution in [0.2, 0.25) is 0 Å². The summed E-state index contributed by atoms with van der Waals surface area (Å²) in [4.78, 5) is 36.7. The Balaban J connectivity index is 2.16. The predicted molar refractivity (Wildman–Crippen MR) is 123 cm³/mol. The molecular weight excluding hydrogens is 430 g/mol. The Kier molecular flexibility index (Phi) is 9.59. The molecule has 0 bridgehead atoms. The van der Waals surface area contributed by atoms with E-state index in [0.29, 0.717) is 37.0 Å². The number of hydrogen-bond donors (Lipinski definition) is 0. The van der Waals surface area contributed by atoms with E-state index in [-0.39, 0.29) is 36.0 Å². The summed E-state index contributed by atoms with van der Waals surface area (Å²) in [5.41, 5.74) is 0.917. The van der Waals surface area contributed by atoms with Crippen LogP contribution in [0.4, 0.5) is 5.69 Å². The molecule has 0 aliphatic carbocycles. The Hall–Kier alpha value is -3.00. The van der Waals surface area contributed by atoms with Gasteiger partial charge in [-0.25, -0.2) is 12.7 Å². The van der Waals surface area contributed by atoms with E-state index in [2.05, 4.69) is 0 Å². The molecule has 2 aromatic carbocycles. The maximum atomic E-state index is 13.0. The van der Waals surface area contributed by atoms with E-state index in [0.717, 1.165) is 4.31 Å². The Morgan fingerprint density at radius 1 is 0.875 bits per heavy atom. The molecule has 0 atom stereocenters. The zero-order valence-corrected chi connectivity index (χ0v) is 19.3. The van der Waals surface area contributed by atoms with Gasteiger partial charge in [-0.1, -0.05) is 55.8 Å². The van der Waals surface area contributed by atoms with E-state index in [1.54, 1.807) is 56.3 Å². The van der Waals surface area contributed by atoms with Crippen LogP contribution in [-0.2, 0) is 24.3 Å². The molecule has 1 amide bonds. The van der Waals surface area contributed by atoms with E-state index in [9.17, 15) is 22.8 Å². The molecule has 0 saturated heterocycles. The smallest absolute Gasteiger partial charge is 0.305 e. The zero-order valence-electron chi connectivity index (χ0n) is 18.5. The molecule has 0 unspecified atom stereocenters. The second-order valence-electron chi connectivity index (χ2n) is 7.19. The molecule has 8 heteroatoms. The molecule has 2 rings (SSSR count). The minimum Gasteiger partial charge on any atom is -0.466 e. The molecule has 0 fully saturated rings. The lowest BCUT2D eigenvalue weighted by Crippen LogP contribution is -2.38. The zero-order chi connectivity index (χ0) is 23.6. The number of ether oxygens (including phenoxy) is 1. The standard InChI is InChI=1S/C24H29NO6S/c1-3-22(26)25(32(29,30)17-10-6-9-16-23(27)31-4-2)21-15-11-14-20(18-21)24(28)19-12-7-5-8-13-19/h5,7-8,11-15,18H,3-4,6,9-10,16-17H2,1-2H3. The third-order valence-corrected chi connectivity index (χ3v) is 6.55. The van der Waals surface area contributed by atoms with Crippen molar-refractivity contribution < 1.29 is 27.5 Å². The number of unbranched alkanes of at least 4 members (excludes halogenated alkanes) is 2. The van der Waals surface area contributed by atoms with Crippen molar-refractivity contribution in [2.24, 2.45) is 0 Å². The number of hydrogen-bond acceptors (Lipinski definition) is 6. The van der Waals surface area contributed by atoms with E-state index in [4.69, 9.17) is 4.74 Å². The number of carbonyl (C=O) groups is 3. The van der Waals surface area contributed by atoms with Crippen LogP contribution in [0.3, 0.4) is 0 Å². The lowest BCUT2D eigenvalue weighted by Gasteiger charge is -2.22. The quantitative estimate of drug-likeness (QED) is 0.269. The number of esters is 1. The van der Waals surface area contributed by atoms with Crippen molar-refractivity contribution in [3.63, 3.8) is 0 Å². The average molecular weight is 460 g/mol.